The van der Waals surface area contributed by atoms with E-state index >= 15 is 0 Å². The van der Waals surface area contributed by atoms with Crippen LogP contribution in [0.5, 0.6) is 0 Å². The van der Waals surface area contributed by atoms with Gasteiger partial charge in [-0.05, 0) is 26.7 Å². The maximum Gasteiger partial charge on any atom is 0.282 e. The van der Waals surface area contributed by atoms with Crippen molar-refractivity contribution < 1.29 is 8.42 Å². The maximum atomic E-state index is 12.3. The SMILES string of the molecule is CC(CN)N(C)S(=O)(=O)N1CCCCC1C.Cl. The number of nitrogens with zero attached hydrogens (tertiary/aromatic N) is 2. The van der Waals surface area contributed by atoms with Gasteiger partial charge in [-0.25, -0.2) is 0 Å². The predicted octanol–water partition coefficient (Wildman–Crippen LogP) is 0.806. The van der Waals surface area contributed by atoms with Crippen LogP contribution in [0, 0.1) is 0 Å². The molecule has 0 saturated carbocycles. The molecule has 2 N–H and O–H groups in total. The minimum absolute atomic E-state index is 0. The molecule has 7 heteroatoms. The van der Waals surface area contributed by atoms with Gasteiger partial charge < -0.3 is 5.73 Å². The summed E-state index contributed by atoms with van der Waals surface area (Å²) in [6.07, 6.45) is 3.02. The van der Waals surface area contributed by atoms with Crippen LogP contribution in [0.3, 0.4) is 0 Å². The Labute approximate surface area is 111 Å². The van der Waals surface area contributed by atoms with Gasteiger partial charge in [-0.15, -0.1) is 12.4 Å². The van der Waals surface area contributed by atoms with Gasteiger partial charge in [0.25, 0.3) is 10.2 Å². The molecule has 1 fully saturated rings. The standard InChI is InChI=1S/C10H23N3O2S.ClH/c1-9-6-4-5-7-13(9)16(14,15)12(3)10(2)8-11;/h9-10H,4-8,11H2,1-3H3;1H. The fraction of sp³-hybridized carbons (Fsp3) is 1.00. The third-order valence-electron chi connectivity index (χ3n) is 3.36. The zero-order valence-electron chi connectivity index (χ0n) is 10.8. The van der Waals surface area contributed by atoms with Gasteiger partial charge in [-0.3, -0.25) is 0 Å². The van der Waals surface area contributed by atoms with E-state index in [4.69, 9.17) is 5.73 Å². The molecule has 2 atom stereocenters. The van der Waals surface area contributed by atoms with Crippen molar-refractivity contribution >= 4 is 22.6 Å². The lowest BCUT2D eigenvalue weighted by Gasteiger charge is -2.36. The van der Waals surface area contributed by atoms with Crippen molar-refractivity contribution in [1.82, 2.24) is 8.61 Å². The molecule has 1 heterocycles. The molecule has 1 rings (SSSR count). The lowest BCUT2D eigenvalue weighted by Crippen LogP contribution is -2.52. The summed E-state index contributed by atoms with van der Waals surface area (Å²) in [4.78, 5) is 0. The van der Waals surface area contributed by atoms with E-state index in [1.54, 1.807) is 11.4 Å². The van der Waals surface area contributed by atoms with Crippen LogP contribution in [0.1, 0.15) is 33.1 Å². The molecule has 0 aromatic heterocycles. The number of piperidine rings is 1. The monoisotopic (exact) mass is 285 g/mol. The average Bonchev–Trinajstić information content (AvgIpc) is 2.27. The molecule has 0 amide bonds. The lowest BCUT2D eigenvalue weighted by atomic mass is 10.1. The molecule has 1 aliphatic heterocycles. The third-order valence-corrected chi connectivity index (χ3v) is 5.59. The van der Waals surface area contributed by atoms with Crippen molar-refractivity contribution in [1.29, 1.82) is 0 Å². The summed E-state index contributed by atoms with van der Waals surface area (Å²) < 4.78 is 27.6. The van der Waals surface area contributed by atoms with Gasteiger partial charge in [0.05, 0.1) is 0 Å². The van der Waals surface area contributed by atoms with Crippen LogP contribution in [-0.2, 0) is 10.2 Å². The van der Waals surface area contributed by atoms with Crippen LogP contribution >= 0.6 is 12.4 Å². The third kappa shape index (κ3) is 3.79. The fourth-order valence-corrected chi connectivity index (χ4v) is 3.75. The smallest absolute Gasteiger partial charge is 0.282 e. The Balaban J connectivity index is 0.00000256. The minimum Gasteiger partial charge on any atom is -0.329 e. The molecule has 0 spiro atoms. The zero-order chi connectivity index (χ0) is 12.3. The van der Waals surface area contributed by atoms with Gasteiger partial charge in [0.1, 0.15) is 0 Å². The number of likely N-dealkylation sites (N-methyl/N-ethyl adjacent to an activating group) is 1. The van der Waals surface area contributed by atoms with Crippen LogP contribution in [-0.4, -0.2) is 49.2 Å². The van der Waals surface area contributed by atoms with Crippen LogP contribution < -0.4 is 5.73 Å². The Kier molecular flexibility index (Phi) is 6.94. The normalized spacial score (nSPS) is 24.4. The minimum atomic E-state index is -3.34. The van der Waals surface area contributed by atoms with Crippen LogP contribution in [0.4, 0.5) is 0 Å². The van der Waals surface area contributed by atoms with Crippen LogP contribution in [0.2, 0.25) is 0 Å². The quantitative estimate of drug-likeness (QED) is 0.831. The van der Waals surface area contributed by atoms with E-state index in [-0.39, 0.29) is 24.5 Å². The molecular formula is C10H24ClN3O2S. The Hall–Kier alpha value is 0.120. The van der Waals surface area contributed by atoms with Crippen molar-refractivity contribution in [2.75, 3.05) is 20.1 Å². The van der Waals surface area contributed by atoms with E-state index < -0.39 is 10.2 Å². The first kappa shape index (κ1) is 17.1. The molecule has 0 aliphatic carbocycles. The topological polar surface area (TPSA) is 66.6 Å². The summed E-state index contributed by atoms with van der Waals surface area (Å²) in [6, 6.07) is -0.0506. The molecule has 0 bridgehead atoms. The predicted molar refractivity (Wildman–Crippen MR) is 72.5 cm³/mol. The number of hydrogen-bond donors (Lipinski definition) is 1. The van der Waals surface area contributed by atoms with E-state index in [0.29, 0.717) is 13.1 Å². The van der Waals surface area contributed by atoms with E-state index in [1.165, 1.54) is 4.31 Å². The summed E-state index contributed by atoms with van der Waals surface area (Å²) in [5.41, 5.74) is 5.51. The summed E-state index contributed by atoms with van der Waals surface area (Å²) in [5, 5.41) is 0. The van der Waals surface area contributed by atoms with Gasteiger partial charge in [0.15, 0.2) is 0 Å². The van der Waals surface area contributed by atoms with E-state index in [0.717, 1.165) is 19.3 Å². The largest absolute Gasteiger partial charge is 0.329 e. The second kappa shape index (κ2) is 6.89. The van der Waals surface area contributed by atoms with E-state index in [9.17, 15) is 8.42 Å². The molecule has 0 aromatic rings. The molecule has 0 radical (unpaired) electrons. The average molecular weight is 286 g/mol. The summed E-state index contributed by atoms with van der Waals surface area (Å²) in [5.74, 6) is 0. The molecule has 17 heavy (non-hydrogen) atoms. The first-order chi connectivity index (χ1) is 7.41. The van der Waals surface area contributed by atoms with Gasteiger partial charge >= 0.3 is 0 Å². The lowest BCUT2D eigenvalue weighted by molar-refractivity contribution is 0.242. The van der Waals surface area contributed by atoms with E-state index in [2.05, 4.69) is 0 Å². The molecule has 2 unspecified atom stereocenters. The first-order valence-corrected chi connectivity index (χ1v) is 7.25. The van der Waals surface area contributed by atoms with Crippen LogP contribution in [0.25, 0.3) is 0 Å². The molecule has 1 saturated heterocycles. The van der Waals surface area contributed by atoms with Gasteiger partial charge in [0.2, 0.25) is 0 Å². The number of nitrogens with two attached hydrogens (primary N) is 1. The number of halogens is 1. The highest BCUT2D eigenvalue weighted by molar-refractivity contribution is 7.86. The summed E-state index contributed by atoms with van der Waals surface area (Å²) >= 11 is 0. The molecule has 0 aromatic carbocycles. The zero-order valence-corrected chi connectivity index (χ0v) is 12.4. The highest BCUT2D eigenvalue weighted by atomic mass is 35.5. The van der Waals surface area contributed by atoms with E-state index in [1.807, 2.05) is 13.8 Å². The second-order valence-electron chi connectivity index (χ2n) is 4.56. The van der Waals surface area contributed by atoms with Gasteiger partial charge in [-0.2, -0.15) is 17.0 Å². The summed E-state index contributed by atoms with van der Waals surface area (Å²) in [6.45, 7) is 4.77. The molecule has 1 aliphatic rings. The number of hydrogen-bond acceptors (Lipinski definition) is 3. The van der Waals surface area contributed by atoms with Gasteiger partial charge in [-0.1, -0.05) is 6.42 Å². The molecule has 5 nitrogen and oxygen atoms in total. The Morgan fingerprint density at radius 2 is 2.06 bits per heavy atom. The maximum absolute atomic E-state index is 12.3. The summed E-state index contributed by atoms with van der Waals surface area (Å²) in [7, 11) is -1.73. The number of rotatable bonds is 4. The second-order valence-corrected chi connectivity index (χ2v) is 6.50. The van der Waals surface area contributed by atoms with Crippen molar-refractivity contribution in [3.63, 3.8) is 0 Å². The first-order valence-electron chi connectivity index (χ1n) is 5.86. The molecular weight excluding hydrogens is 262 g/mol. The van der Waals surface area contributed by atoms with Crippen molar-refractivity contribution in [2.45, 2.75) is 45.2 Å². The highest BCUT2D eigenvalue weighted by Crippen LogP contribution is 2.22. The fourth-order valence-electron chi connectivity index (χ4n) is 1.96. The highest BCUT2D eigenvalue weighted by Gasteiger charge is 2.34. The molecule has 104 valence electrons. The Morgan fingerprint density at radius 1 is 1.47 bits per heavy atom. The Bertz CT molecular complexity index is 324. The van der Waals surface area contributed by atoms with Crippen molar-refractivity contribution in [3.8, 4) is 0 Å². The Morgan fingerprint density at radius 3 is 2.53 bits per heavy atom. The van der Waals surface area contributed by atoms with Crippen molar-refractivity contribution in [2.24, 2.45) is 5.73 Å². The van der Waals surface area contributed by atoms with Gasteiger partial charge in [0, 0.05) is 32.2 Å². The van der Waals surface area contributed by atoms with Crippen molar-refractivity contribution in [3.05, 3.63) is 0 Å². The van der Waals surface area contributed by atoms with Crippen LogP contribution in [0.15, 0.2) is 0 Å².